The number of methoxy groups -OCH3 is 1. The Morgan fingerprint density at radius 2 is 1.90 bits per heavy atom. The van der Waals surface area contributed by atoms with Crippen LogP contribution in [-0.2, 0) is 4.74 Å². The van der Waals surface area contributed by atoms with Crippen molar-refractivity contribution in [1.29, 1.82) is 0 Å². The molecule has 0 radical (unpaired) electrons. The highest BCUT2D eigenvalue weighted by molar-refractivity contribution is 4.82. The van der Waals surface area contributed by atoms with Crippen LogP contribution in [0.1, 0.15) is 53.4 Å². The molecule has 20 heavy (non-hydrogen) atoms. The van der Waals surface area contributed by atoms with E-state index >= 15 is 0 Å². The molecule has 1 saturated heterocycles. The van der Waals surface area contributed by atoms with E-state index in [1.807, 2.05) is 7.11 Å². The Morgan fingerprint density at radius 1 is 1.25 bits per heavy atom. The van der Waals surface area contributed by atoms with Gasteiger partial charge in [0.05, 0.1) is 0 Å². The van der Waals surface area contributed by atoms with Crippen molar-refractivity contribution in [2.45, 2.75) is 59.4 Å². The summed E-state index contributed by atoms with van der Waals surface area (Å²) in [5, 5.41) is 3.73. The molecule has 0 bridgehead atoms. The minimum absolute atomic E-state index is 0.351. The van der Waals surface area contributed by atoms with Gasteiger partial charge in [-0.15, -0.1) is 0 Å². The van der Waals surface area contributed by atoms with Crippen LogP contribution in [0.15, 0.2) is 0 Å². The molecular formula is C17H36N2O. The van der Waals surface area contributed by atoms with E-state index in [1.54, 1.807) is 0 Å². The molecule has 0 aliphatic carbocycles. The van der Waals surface area contributed by atoms with Gasteiger partial charge in [-0.2, -0.15) is 0 Å². The fraction of sp³-hybridized carbons (Fsp3) is 1.00. The molecule has 0 spiro atoms. The van der Waals surface area contributed by atoms with Crippen LogP contribution in [0, 0.1) is 11.3 Å². The van der Waals surface area contributed by atoms with E-state index in [9.17, 15) is 0 Å². The third-order valence-corrected chi connectivity index (χ3v) is 4.53. The van der Waals surface area contributed by atoms with Gasteiger partial charge in [0, 0.05) is 19.8 Å². The molecule has 1 aliphatic rings. The van der Waals surface area contributed by atoms with E-state index in [2.05, 4.69) is 37.9 Å². The maximum absolute atomic E-state index is 5.28. The van der Waals surface area contributed by atoms with Gasteiger partial charge in [0.25, 0.3) is 0 Å². The summed E-state index contributed by atoms with van der Waals surface area (Å²) in [5.74, 6) is 0.785. The maximum Gasteiger partial charge on any atom is 0.0491 e. The number of hydrogen-bond acceptors (Lipinski definition) is 3. The fourth-order valence-corrected chi connectivity index (χ4v) is 3.08. The van der Waals surface area contributed by atoms with Gasteiger partial charge in [0.15, 0.2) is 0 Å². The molecular weight excluding hydrogens is 248 g/mol. The lowest BCUT2D eigenvalue weighted by Gasteiger charge is -2.36. The summed E-state index contributed by atoms with van der Waals surface area (Å²) in [5.41, 5.74) is 0.351. The number of nitrogens with one attached hydrogen (secondary N) is 1. The lowest BCUT2D eigenvalue weighted by Crippen LogP contribution is -2.44. The number of piperidine rings is 1. The minimum atomic E-state index is 0.351. The van der Waals surface area contributed by atoms with Crippen LogP contribution in [-0.4, -0.2) is 50.8 Å². The molecule has 1 unspecified atom stereocenters. The summed E-state index contributed by atoms with van der Waals surface area (Å²) >= 11 is 0. The van der Waals surface area contributed by atoms with Crippen molar-refractivity contribution in [2.24, 2.45) is 11.3 Å². The third kappa shape index (κ3) is 6.55. The first-order valence-corrected chi connectivity index (χ1v) is 8.42. The Kier molecular flexibility index (Phi) is 8.08. The Bertz CT molecular complexity index is 242. The lowest BCUT2D eigenvalue weighted by molar-refractivity contribution is 0.0948. The Morgan fingerprint density at radius 3 is 2.40 bits per heavy atom. The van der Waals surface area contributed by atoms with Crippen LogP contribution >= 0.6 is 0 Å². The van der Waals surface area contributed by atoms with Crippen molar-refractivity contribution in [3.63, 3.8) is 0 Å². The van der Waals surface area contributed by atoms with Gasteiger partial charge in [-0.05, 0) is 63.2 Å². The Labute approximate surface area is 126 Å². The van der Waals surface area contributed by atoms with Gasteiger partial charge in [0.1, 0.15) is 0 Å². The minimum Gasteiger partial charge on any atom is -0.384 e. The van der Waals surface area contributed by atoms with Crippen LogP contribution in [0.5, 0.6) is 0 Å². The zero-order chi connectivity index (χ0) is 15.0. The second kappa shape index (κ2) is 9.01. The summed E-state index contributed by atoms with van der Waals surface area (Å²) < 4.78 is 5.28. The van der Waals surface area contributed by atoms with Gasteiger partial charge < -0.3 is 15.0 Å². The molecule has 120 valence electrons. The predicted molar refractivity (Wildman–Crippen MR) is 87.2 cm³/mol. The van der Waals surface area contributed by atoms with E-state index < -0.39 is 0 Å². The van der Waals surface area contributed by atoms with Gasteiger partial charge in [-0.3, -0.25) is 0 Å². The zero-order valence-corrected chi connectivity index (χ0v) is 14.4. The highest BCUT2D eigenvalue weighted by Crippen LogP contribution is 2.23. The van der Waals surface area contributed by atoms with E-state index in [-0.39, 0.29) is 0 Å². The molecule has 1 rings (SSSR count). The van der Waals surface area contributed by atoms with Crippen molar-refractivity contribution in [2.75, 3.05) is 39.9 Å². The Hall–Kier alpha value is -0.120. The van der Waals surface area contributed by atoms with Crippen molar-refractivity contribution < 1.29 is 4.74 Å². The highest BCUT2D eigenvalue weighted by atomic mass is 16.5. The van der Waals surface area contributed by atoms with E-state index in [0.29, 0.717) is 11.5 Å². The van der Waals surface area contributed by atoms with E-state index in [4.69, 9.17) is 4.74 Å². The average Bonchev–Trinajstić information content (AvgIpc) is 2.39. The first kappa shape index (κ1) is 17.9. The summed E-state index contributed by atoms with van der Waals surface area (Å²) in [7, 11) is 1.82. The summed E-state index contributed by atoms with van der Waals surface area (Å²) in [6, 6.07) is 0.624. The summed E-state index contributed by atoms with van der Waals surface area (Å²) in [4.78, 5) is 2.64. The van der Waals surface area contributed by atoms with E-state index in [1.165, 1.54) is 45.3 Å². The summed E-state index contributed by atoms with van der Waals surface area (Å²) in [6.07, 6.45) is 5.08. The third-order valence-electron chi connectivity index (χ3n) is 4.53. The monoisotopic (exact) mass is 284 g/mol. The van der Waals surface area contributed by atoms with Gasteiger partial charge in [0.2, 0.25) is 0 Å². The molecule has 1 heterocycles. The van der Waals surface area contributed by atoms with Crippen LogP contribution in [0.2, 0.25) is 0 Å². The molecule has 3 nitrogen and oxygen atoms in total. The molecule has 1 fully saturated rings. The van der Waals surface area contributed by atoms with Gasteiger partial charge >= 0.3 is 0 Å². The van der Waals surface area contributed by atoms with E-state index in [0.717, 1.165) is 19.1 Å². The van der Waals surface area contributed by atoms with Crippen molar-refractivity contribution in [3.8, 4) is 0 Å². The van der Waals surface area contributed by atoms with Crippen molar-refractivity contribution >= 4 is 0 Å². The molecule has 1 atom stereocenters. The lowest BCUT2D eigenvalue weighted by atomic mass is 9.84. The van der Waals surface area contributed by atoms with Gasteiger partial charge in [-0.1, -0.05) is 27.7 Å². The predicted octanol–water partition coefficient (Wildman–Crippen LogP) is 3.15. The maximum atomic E-state index is 5.28. The van der Waals surface area contributed by atoms with Crippen LogP contribution < -0.4 is 5.32 Å². The molecule has 1 N–H and O–H groups in total. The standard InChI is InChI=1S/C17H36N2O/c1-6-10-18-16(17(2,3)4)9-13-19-11-7-15(8-12-19)14-20-5/h15-16,18H,6-14H2,1-5H3. The smallest absolute Gasteiger partial charge is 0.0491 e. The van der Waals surface area contributed by atoms with Gasteiger partial charge in [-0.25, -0.2) is 0 Å². The molecule has 0 aromatic rings. The molecule has 0 amide bonds. The van der Waals surface area contributed by atoms with Crippen molar-refractivity contribution in [3.05, 3.63) is 0 Å². The van der Waals surface area contributed by atoms with Crippen molar-refractivity contribution in [1.82, 2.24) is 10.2 Å². The first-order chi connectivity index (χ1) is 9.47. The van der Waals surface area contributed by atoms with Crippen LogP contribution in [0.25, 0.3) is 0 Å². The summed E-state index contributed by atoms with van der Waals surface area (Å²) in [6.45, 7) is 15.1. The number of ether oxygens (including phenoxy) is 1. The first-order valence-electron chi connectivity index (χ1n) is 8.42. The number of likely N-dealkylation sites (tertiary alicyclic amines) is 1. The fourth-order valence-electron chi connectivity index (χ4n) is 3.08. The molecule has 0 aromatic heterocycles. The average molecular weight is 284 g/mol. The molecule has 3 heteroatoms. The number of nitrogens with zero attached hydrogens (tertiary/aromatic N) is 1. The molecule has 0 aromatic carbocycles. The topological polar surface area (TPSA) is 24.5 Å². The normalized spacial score (nSPS) is 20.2. The second-order valence-corrected chi connectivity index (χ2v) is 7.40. The zero-order valence-electron chi connectivity index (χ0n) is 14.4. The Balaban J connectivity index is 2.30. The molecule has 1 aliphatic heterocycles. The number of rotatable bonds is 8. The largest absolute Gasteiger partial charge is 0.384 e. The highest BCUT2D eigenvalue weighted by Gasteiger charge is 2.25. The quantitative estimate of drug-likeness (QED) is 0.741. The van der Waals surface area contributed by atoms with Crippen LogP contribution in [0.3, 0.4) is 0 Å². The molecule has 0 saturated carbocycles. The number of hydrogen-bond donors (Lipinski definition) is 1. The van der Waals surface area contributed by atoms with Crippen LogP contribution in [0.4, 0.5) is 0 Å². The SMILES string of the molecule is CCCNC(CCN1CCC(COC)CC1)C(C)(C)C. The second-order valence-electron chi connectivity index (χ2n) is 7.40.